The summed E-state index contributed by atoms with van der Waals surface area (Å²) in [6.45, 7) is 4.33. The molecule has 1 aliphatic rings. The molecule has 7 heteroatoms. The largest absolute Gasteiger partial charge is 0.344 e. The van der Waals surface area contributed by atoms with Gasteiger partial charge in [-0.1, -0.05) is 6.58 Å². The quantitative estimate of drug-likeness (QED) is 0.578. The second-order valence-corrected chi connectivity index (χ2v) is 4.30. The molecule has 19 heavy (non-hydrogen) atoms. The minimum Gasteiger partial charge on any atom is -0.344 e. The molecule has 0 bridgehead atoms. The van der Waals surface area contributed by atoms with Crippen molar-refractivity contribution in [2.45, 2.75) is 6.04 Å². The summed E-state index contributed by atoms with van der Waals surface area (Å²) in [6, 6.07) is -0.0778. The van der Waals surface area contributed by atoms with E-state index >= 15 is 0 Å². The van der Waals surface area contributed by atoms with Gasteiger partial charge in [0.1, 0.15) is 5.69 Å². The first kappa shape index (κ1) is 13.0. The highest BCUT2D eigenvalue weighted by molar-refractivity contribution is 5.94. The molecule has 2 heterocycles. The lowest BCUT2D eigenvalue weighted by atomic mass is 10.1. The van der Waals surface area contributed by atoms with Gasteiger partial charge in [0.25, 0.3) is 5.91 Å². The van der Waals surface area contributed by atoms with Crippen molar-refractivity contribution in [2.24, 2.45) is 7.05 Å². The molecule has 7 nitrogen and oxygen atoms in total. The highest BCUT2D eigenvalue weighted by Gasteiger charge is 2.31. The Kier molecular flexibility index (Phi) is 3.46. The predicted octanol–water partition coefficient (Wildman–Crippen LogP) is -0.641. The second kappa shape index (κ2) is 5.05. The van der Waals surface area contributed by atoms with Crippen LogP contribution < -0.4 is 5.32 Å². The Hall–Kier alpha value is -2.44. The highest BCUT2D eigenvalue weighted by Crippen LogP contribution is 2.10. The zero-order chi connectivity index (χ0) is 14.0. The van der Waals surface area contributed by atoms with Crippen molar-refractivity contribution in [3.8, 4) is 0 Å². The summed E-state index contributed by atoms with van der Waals surface area (Å²) in [5, 5.41) is 2.78. The van der Waals surface area contributed by atoms with Gasteiger partial charge < -0.3 is 14.8 Å². The number of carbonyl (C=O) groups excluding carboxylic acids is 3. The molecule has 0 aromatic carbocycles. The lowest BCUT2D eigenvalue weighted by Gasteiger charge is -2.38. The van der Waals surface area contributed by atoms with Crippen LogP contribution >= 0.6 is 0 Å². The van der Waals surface area contributed by atoms with E-state index in [1.54, 1.807) is 11.9 Å². The number of hydrogen-bond acceptors (Lipinski definition) is 4. The van der Waals surface area contributed by atoms with E-state index in [9.17, 15) is 14.4 Å². The minimum atomic E-state index is -0.307. The molecule has 1 N–H and O–H groups in total. The van der Waals surface area contributed by atoms with Gasteiger partial charge in [-0.25, -0.2) is 4.98 Å². The van der Waals surface area contributed by atoms with E-state index in [-0.39, 0.29) is 23.7 Å². The molecule has 100 valence electrons. The number of likely N-dealkylation sites (tertiary alicyclic amines) is 1. The zero-order valence-corrected chi connectivity index (χ0v) is 10.5. The summed E-state index contributed by atoms with van der Waals surface area (Å²) < 4.78 is 1.42. The summed E-state index contributed by atoms with van der Waals surface area (Å²) in [7, 11) is 1.60. The number of hydrogen-bond donors (Lipinski definition) is 1. The van der Waals surface area contributed by atoms with Crippen LogP contribution in [-0.4, -0.2) is 51.7 Å². The molecule has 1 aromatic heterocycles. The lowest BCUT2D eigenvalue weighted by Crippen LogP contribution is -2.60. The Morgan fingerprint density at radius 3 is 2.74 bits per heavy atom. The van der Waals surface area contributed by atoms with Crippen LogP contribution in [0, 0.1) is 0 Å². The van der Waals surface area contributed by atoms with Gasteiger partial charge in [-0.2, -0.15) is 0 Å². The molecule has 0 aliphatic carbocycles. The number of aromatic nitrogens is 2. The van der Waals surface area contributed by atoms with Gasteiger partial charge in [0.05, 0.1) is 12.2 Å². The maximum Gasteiger partial charge on any atom is 0.269 e. The Bertz CT molecular complexity index is 543. The van der Waals surface area contributed by atoms with Crippen LogP contribution in [-0.2, 0) is 11.8 Å². The molecule has 0 radical (unpaired) electrons. The van der Waals surface area contributed by atoms with Crippen molar-refractivity contribution in [1.29, 1.82) is 0 Å². The van der Waals surface area contributed by atoms with Crippen molar-refractivity contribution in [2.75, 3.05) is 13.1 Å². The first-order valence-corrected chi connectivity index (χ1v) is 5.76. The fourth-order valence-electron chi connectivity index (χ4n) is 1.88. The maximum absolute atomic E-state index is 11.9. The predicted molar refractivity (Wildman–Crippen MR) is 66.6 cm³/mol. The normalized spacial score (nSPS) is 14.7. The van der Waals surface area contributed by atoms with Crippen molar-refractivity contribution in [3.63, 3.8) is 0 Å². The summed E-state index contributed by atoms with van der Waals surface area (Å²) in [5.41, 5.74) is 0.315. The van der Waals surface area contributed by atoms with E-state index in [0.29, 0.717) is 25.1 Å². The monoisotopic (exact) mass is 262 g/mol. The second-order valence-electron chi connectivity index (χ2n) is 4.30. The number of imidazole rings is 1. The number of nitrogens with one attached hydrogen (secondary N) is 1. The van der Waals surface area contributed by atoms with E-state index in [4.69, 9.17) is 0 Å². The van der Waals surface area contributed by atoms with E-state index in [1.165, 1.54) is 16.8 Å². The third kappa shape index (κ3) is 2.40. The molecule has 1 aliphatic heterocycles. The van der Waals surface area contributed by atoms with Crippen LogP contribution in [0.1, 0.15) is 21.1 Å². The Morgan fingerprint density at radius 1 is 1.53 bits per heavy atom. The molecule has 1 fully saturated rings. The lowest BCUT2D eigenvalue weighted by molar-refractivity contribution is -0.130. The smallest absolute Gasteiger partial charge is 0.269 e. The number of aldehydes is 1. The minimum absolute atomic E-state index is 0.0778. The van der Waals surface area contributed by atoms with Crippen molar-refractivity contribution in [3.05, 3.63) is 30.4 Å². The van der Waals surface area contributed by atoms with Crippen LogP contribution in [0.25, 0.3) is 0 Å². The average molecular weight is 262 g/mol. The number of rotatable bonds is 4. The van der Waals surface area contributed by atoms with Crippen LogP contribution in [0.5, 0.6) is 0 Å². The topological polar surface area (TPSA) is 84.3 Å². The maximum atomic E-state index is 11.9. The molecule has 0 saturated carbocycles. The van der Waals surface area contributed by atoms with Crippen LogP contribution in [0.4, 0.5) is 0 Å². The van der Waals surface area contributed by atoms with Crippen molar-refractivity contribution in [1.82, 2.24) is 19.8 Å². The third-order valence-corrected chi connectivity index (χ3v) is 3.07. The SMILES string of the molecule is C=CC(=O)N1CC(NC(=O)c2cnc(C=O)n2C)C1. The molecular weight excluding hydrogens is 248 g/mol. The van der Waals surface area contributed by atoms with Crippen molar-refractivity contribution >= 4 is 18.1 Å². The summed E-state index contributed by atoms with van der Waals surface area (Å²) in [5.74, 6) is -0.254. The van der Waals surface area contributed by atoms with Gasteiger partial charge in [0, 0.05) is 20.1 Å². The Balaban J connectivity index is 1.92. The zero-order valence-electron chi connectivity index (χ0n) is 10.5. The number of carbonyl (C=O) groups is 3. The van der Waals surface area contributed by atoms with Gasteiger partial charge in [-0.3, -0.25) is 14.4 Å². The molecule has 0 atom stereocenters. The molecule has 1 saturated heterocycles. The fourth-order valence-corrected chi connectivity index (χ4v) is 1.88. The first-order valence-electron chi connectivity index (χ1n) is 5.76. The molecule has 2 amide bonds. The number of amides is 2. The Labute approximate surface area is 109 Å². The van der Waals surface area contributed by atoms with Gasteiger partial charge in [0.2, 0.25) is 5.91 Å². The van der Waals surface area contributed by atoms with Crippen LogP contribution in [0.2, 0.25) is 0 Å². The van der Waals surface area contributed by atoms with Gasteiger partial charge in [-0.05, 0) is 6.08 Å². The van der Waals surface area contributed by atoms with Crippen LogP contribution in [0.3, 0.4) is 0 Å². The molecule has 1 aromatic rings. The summed E-state index contributed by atoms with van der Waals surface area (Å²) in [4.78, 5) is 39.2. The van der Waals surface area contributed by atoms with Gasteiger partial charge in [0.15, 0.2) is 12.1 Å². The molecular formula is C12H14N4O3. The summed E-state index contributed by atoms with van der Waals surface area (Å²) in [6.07, 6.45) is 3.19. The van der Waals surface area contributed by atoms with Gasteiger partial charge >= 0.3 is 0 Å². The van der Waals surface area contributed by atoms with E-state index < -0.39 is 0 Å². The Morgan fingerprint density at radius 2 is 2.21 bits per heavy atom. The third-order valence-electron chi connectivity index (χ3n) is 3.07. The van der Waals surface area contributed by atoms with Crippen LogP contribution in [0.15, 0.2) is 18.9 Å². The average Bonchev–Trinajstić information content (AvgIpc) is 2.73. The highest BCUT2D eigenvalue weighted by atomic mass is 16.2. The van der Waals surface area contributed by atoms with Gasteiger partial charge in [-0.15, -0.1) is 0 Å². The molecule has 0 unspecified atom stereocenters. The fraction of sp³-hybridized carbons (Fsp3) is 0.333. The standard InChI is InChI=1S/C12H14N4O3/c1-3-11(18)16-5-8(6-16)14-12(19)9-4-13-10(7-17)15(9)2/h3-4,7-8H,1,5-6H2,2H3,(H,14,19). The molecule has 2 rings (SSSR count). The first-order chi connectivity index (χ1) is 9.06. The summed E-state index contributed by atoms with van der Waals surface area (Å²) >= 11 is 0. The van der Waals surface area contributed by atoms with E-state index in [1.807, 2.05) is 0 Å². The van der Waals surface area contributed by atoms with E-state index in [2.05, 4.69) is 16.9 Å². The number of nitrogens with zero attached hydrogens (tertiary/aromatic N) is 3. The van der Waals surface area contributed by atoms with E-state index in [0.717, 1.165) is 0 Å². The molecule has 0 spiro atoms. The van der Waals surface area contributed by atoms with Crippen molar-refractivity contribution < 1.29 is 14.4 Å².